The van der Waals surface area contributed by atoms with Crippen molar-refractivity contribution < 1.29 is 0 Å². The molecule has 1 aromatic carbocycles. The summed E-state index contributed by atoms with van der Waals surface area (Å²) in [5.74, 6) is 0. The Hall–Kier alpha value is -0.800. The SMILES string of the molecule is CC.CC.Cc1cc2[nH]c(=S)[nH]c2cc1Cl. The van der Waals surface area contributed by atoms with Crippen LogP contribution in [0.25, 0.3) is 11.0 Å². The summed E-state index contributed by atoms with van der Waals surface area (Å²) < 4.78 is 0.631. The number of hydrogen-bond acceptors (Lipinski definition) is 1. The minimum Gasteiger partial charge on any atom is -0.331 e. The summed E-state index contributed by atoms with van der Waals surface area (Å²) in [6.07, 6.45) is 0. The number of nitrogens with one attached hydrogen (secondary N) is 2. The molecule has 2 rings (SSSR count). The zero-order chi connectivity index (χ0) is 12.7. The van der Waals surface area contributed by atoms with Crippen LogP contribution < -0.4 is 0 Å². The van der Waals surface area contributed by atoms with Gasteiger partial charge in [-0.15, -0.1) is 0 Å². The summed E-state index contributed by atoms with van der Waals surface area (Å²) >= 11 is 10.9. The van der Waals surface area contributed by atoms with Gasteiger partial charge in [0.2, 0.25) is 0 Å². The minimum absolute atomic E-state index is 0.631. The molecule has 0 saturated heterocycles. The fourth-order valence-electron chi connectivity index (χ4n) is 1.16. The third kappa shape index (κ3) is 3.65. The van der Waals surface area contributed by atoms with E-state index in [0.29, 0.717) is 4.77 Å². The van der Waals surface area contributed by atoms with Crippen molar-refractivity contribution in [2.24, 2.45) is 0 Å². The number of aryl methyl sites for hydroxylation is 1. The lowest BCUT2D eigenvalue weighted by Gasteiger charge is -1.95. The molecule has 0 aliphatic rings. The molecule has 0 aliphatic carbocycles. The Morgan fingerprint density at radius 2 is 1.44 bits per heavy atom. The number of hydrogen-bond donors (Lipinski definition) is 2. The fourth-order valence-corrected chi connectivity index (χ4v) is 1.55. The van der Waals surface area contributed by atoms with E-state index >= 15 is 0 Å². The van der Waals surface area contributed by atoms with E-state index in [1.165, 1.54) is 0 Å². The van der Waals surface area contributed by atoms with Gasteiger partial charge in [0, 0.05) is 5.02 Å². The van der Waals surface area contributed by atoms with Crippen molar-refractivity contribution in [3.05, 3.63) is 27.5 Å². The van der Waals surface area contributed by atoms with Crippen molar-refractivity contribution in [2.75, 3.05) is 0 Å². The standard InChI is InChI=1S/C8H7ClN2S.2C2H6/c1-4-2-6-7(3-5(4)9)11-8(12)10-6;2*1-2/h2-3H,1H3,(H2,10,11,12);2*1-2H3. The zero-order valence-electron chi connectivity index (χ0n) is 10.4. The molecule has 0 spiro atoms. The quantitative estimate of drug-likeness (QED) is 0.622. The average molecular weight is 259 g/mol. The van der Waals surface area contributed by atoms with Gasteiger partial charge in [0.1, 0.15) is 0 Å². The third-order valence-electron chi connectivity index (χ3n) is 1.80. The molecule has 0 amide bonds. The largest absolute Gasteiger partial charge is 0.331 e. The van der Waals surface area contributed by atoms with Gasteiger partial charge in [-0.2, -0.15) is 0 Å². The molecule has 0 unspecified atom stereocenters. The van der Waals surface area contributed by atoms with Gasteiger partial charge in [-0.25, -0.2) is 0 Å². The van der Waals surface area contributed by atoms with Crippen LogP contribution in [0.15, 0.2) is 12.1 Å². The smallest absolute Gasteiger partial charge is 0.175 e. The number of imidazole rings is 1. The predicted octanol–water partition coefficient (Wildman–Crippen LogP) is 5.24. The molecule has 0 saturated carbocycles. The number of aromatic nitrogens is 2. The molecule has 0 aliphatic heterocycles. The molecule has 2 N–H and O–H groups in total. The predicted molar refractivity (Wildman–Crippen MR) is 75.9 cm³/mol. The van der Waals surface area contributed by atoms with E-state index in [-0.39, 0.29) is 0 Å². The highest BCUT2D eigenvalue weighted by atomic mass is 35.5. The maximum Gasteiger partial charge on any atom is 0.175 e. The Morgan fingerprint density at radius 1 is 1.00 bits per heavy atom. The molecular weight excluding hydrogens is 240 g/mol. The number of H-pyrrole nitrogens is 2. The van der Waals surface area contributed by atoms with Gasteiger partial charge in [-0.05, 0) is 36.8 Å². The van der Waals surface area contributed by atoms with Crippen LogP contribution in [0.1, 0.15) is 33.3 Å². The molecular formula is C12H19ClN2S. The van der Waals surface area contributed by atoms with Crippen LogP contribution in [-0.2, 0) is 0 Å². The highest BCUT2D eigenvalue weighted by Gasteiger charge is 1.99. The van der Waals surface area contributed by atoms with Crippen molar-refractivity contribution in [1.29, 1.82) is 0 Å². The van der Waals surface area contributed by atoms with Crippen LogP contribution >= 0.6 is 23.8 Å². The lowest BCUT2D eigenvalue weighted by Crippen LogP contribution is -1.75. The van der Waals surface area contributed by atoms with Crippen LogP contribution in [0.3, 0.4) is 0 Å². The minimum atomic E-state index is 0.631. The number of fused-ring (bicyclic) bond motifs is 1. The second kappa shape index (κ2) is 7.47. The first-order valence-corrected chi connectivity index (χ1v) is 6.33. The second-order valence-electron chi connectivity index (χ2n) is 2.73. The molecule has 0 bridgehead atoms. The Labute approximate surface area is 107 Å². The van der Waals surface area contributed by atoms with E-state index < -0.39 is 0 Å². The second-order valence-corrected chi connectivity index (χ2v) is 3.54. The molecule has 0 atom stereocenters. The third-order valence-corrected chi connectivity index (χ3v) is 2.41. The summed E-state index contributed by atoms with van der Waals surface area (Å²) in [4.78, 5) is 6.03. The first kappa shape index (κ1) is 15.2. The molecule has 90 valence electrons. The topological polar surface area (TPSA) is 31.6 Å². The lowest BCUT2D eigenvalue weighted by atomic mass is 10.2. The highest BCUT2D eigenvalue weighted by molar-refractivity contribution is 7.71. The van der Waals surface area contributed by atoms with Crippen molar-refractivity contribution in [2.45, 2.75) is 34.6 Å². The maximum atomic E-state index is 5.93. The van der Waals surface area contributed by atoms with E-state index in [1.807, 2.05) is 46.8 Å². The van der Waals surface area contributed by atoms with Crippen LogP contribution in [0.2, 0.25) is 5.02 Å². The van der Waals surface area contributed by atoms with E-state index in [1.54, 1.807) is 0 Å². The summed E-state index contributed by atoms with van der Waals surface area (Å²) in [5.41, 5.74) is 3.01. The van der Waals surface area contributed by atoms with Gasteiger partial charge in [-0.3, -0.25) is 0 Å². The molecule has 0 radical (unpaired) electrons. The monoisotopic (exact) mass is 258 g/mol. The summed E-state index contributed by atoms with van der Waals surface area (Å²) in [5, 5.41) is 0.757. The number of aromatic amines is 2. The van der Waals surface area contributed by atoms with Crippen molar-refractivity contribution >= 4 is 34.9 Å². The Kier molecular flexibility index (Phi) is 7.10. The summed E-state index contributed by atoms with van der Waals surface area (Å²) in [7, 11) is 0. The fraction of sp³-hybridized carbons (Fsp3) is 0.417. The van der Waals surface area contributed by atoms with Gasteiger partial charge in [0.25, 0.3) is 0 Å². The van der Waals surface area contributed by atoms with Crippen LogP contribution in [0.4, 0.5) is 0 Å². The maximum absolute atomic E-state index is 5.93. The van der Waals surface area contributed by atoms with Gasteiger partial charge in [-0.1, -0.05) is 39.3 Å². The van der Waals surface area contributed by atoms with Crippen molar-refractivity contribution in [3.63, 3.8) is 0 Å². The van der Waals surface area contributed by atoms with Crippen LogP contribution in [0.5, 0.6) is 0 Å². The number of halogens is 1. The molecule has 1 heterocycles. The molecule has 0 fully saturated rings. The highest BCUT2D eigenvalue weighted by Crippen LogP contribution is 2.20. The Morgan fingerprint density at radius 3 is 1.94 bits per heavy atom. The lowest BCUT2D eigenvalue weighted by molar-refractivity contribution is 1.30. The van der Waals surface area contributed by atoms with Gasteiger partial charge < -0.3 is 9.97 Å². The molecule has 2 nitrogen and oxygen atoms in total. The molecule has 16 heavy (non-hydrogen) atoms. The summed E-state index contributed by atoms with van der Waals surface area (Å²) in [6.45, 7) is 9.96. The van der Waals surface area contributed by atoms with E-state index in [4.69, 9.17) is 23.8 Å². The zero-order valence-corrected chi connectivity index (χ0v) is 12.0. The Bertz CT molecular complexity index is 443. The summed E-state index contributed by atoms with van der Waals surface area (Å²) in [6, 6.07) is 3.85. The first-order chi connectivity index (χ1) is 7.66. The van der Waals surface area contributed by atoms with Gasteiger partial charge in [0.15, 0.2) is 4.77 Å². The Balaban J connectivity index is 0.000000509. The van der Waals surface area contributed by atoms with Crippen molar-refractivity contribution in [3.8, 4) is 0 Å². The molecule has 1 aromatic heterocycles. The molecule has 2 aromatic rings. The normalized spacial score (nSPS) is 8.88. The average Bonchev–Trinajstić information content (AvgIpc) is 2.64. The van der Waals surface area contributed by atoms with Gasteiger partial charge >= 0.3 is 0 Å². The number of benzene rings is 1. The molecule has 4 heteroatoms. The van der Waals surface area contributed by atoms with Crippen LogP contribution in [-0.4, -0.2) is 9.97 Å². The van der Waals surface area contributed by atoms with E-state index in [0.717, 1.165) is 21.6 Å². The van der Waals surface area contributed by atoms with Gasteiger partial charge in [0.05, 0.1) is 11.0 Å². The van der Waals surface area contributed by atoms with Crippen molar-refractivity contribution in [1.82, 2.24) is 9.97 Å². The number of rotatable bonds is 0. The van der Waals surface area contributed by atoms with E-state index in [9.17, 15) is 0 Å². The van der Waals surface area contributed by atoms with Crippen LogP contribution in [0, 0.1) is 11.7 Å². The van der Waals surface area contributed by atoms with E-state index in [2.05, 4.69) is 9.97 Å². The first-order valence-electron chi connectivity index (χ1n) is 5.55.